The minimum atomic E-state index is -4.31. The van der Waals surface area contributed by atoms with Gasteiger partial charge in [0.15, 0.2) is 5.82 Å². The van der Waals surface area contributed by atoms with Crippen LogP contribution in [-0.2, 0) is 12.5 Å². The number of nitrogens with zero attached hydrogens (tertiary/aromatic N) is 3. The molecule has 5 rings (SSSR count). The number of rotatable bonds is 4. The average molecular weight is 453 g/mol. The van der Waals surface area contributed by atoms with Crippen LogP contribution >= 0.6 is 0 Å². The Morgan fingerprint density at radius 2 is 1.85 bits per heavy atom. The Kier molecular flexibility index (Phi) is 4.63. The molecule has 0 amide bonds. The summed E-state index contributed by atoms with van der Waals surface area (Å²) in [5.41, 5.74) is 2.50. The lowest BCUT2D eigenvalue weighted by Crippen LogP contribution is -2.28. The number of halogens is 3. The summed E-state index contributed by atoms with van der Waals surface area (Å²) in [5, 5.41) is 10.5. The number of aromatic amines is 1. The predicted octanol–water partition coefficient (Wildman–Crippen LogP) is 5.28. The van der Waals surface area contributed by atoms with Gasteiger partial charge in [0.05, 0.1) is 11.2 Å². The first-order valence-electron chi connectivity index (χ1n) is 10.6. The third-order valence-electron chi connectivity index (χ3n) is 6.43. The highest BCUT2D eigenvalue weighted by molar-refractivity contribution is 5.85. The molecule has 0 unspecified atom stereocenters. The molecule has 0 aliphatic heterocycles. The van der Waals surface area contributed by atoms with E-state index >= 15 is 0 Å². The van der Waals surface area contributed by atoms with Crippen molar-refractivity contribution in [1.82, 2.24) is 19.7 Å². The minimum Gasteiger partial charge on any atom is -0.339 e. The Morgan fingerprint density at radius 3 is 2.55 bits per heavy atom. The molecule has 0 bridgehead atoms. The molecule has 6 nitrogen and oxygen atoms in total. The van der Waals surface area contributed by atoms with Crippen LogP contribution in [0.25, 0.3) is 22.0 Å². The fraction of sp³-hybridized carbons (Fsp3) is 0.292. The first-order chi connectivity index (χ1) is 15.6. The molecule has 3 aromatic heterocycles. The van der Waals surface area contributed by atoms with Gasteiger partial charge in [-0.15, -0.1) is 0 Å². The second kappa shape index (κ2) is 7.19. The zero-order valence-electron chi connectivity index (χ0n) is 18.3. The number of pyridine rings is 2. The molecular formula is C24H22F3N5O. The summed E-state index contributed by atoms with van der Waals surface area (Å²) in [6, 6.07) is 10.6. The lowest BCUT2D eigenvalue weighted by molar-refractivity contribution is -0.161. The summed E-state index contributed by atoms with van der Waals surface area (Å²) in [4.78, 5) is 17.5. The van der Waals surface area contributed by atoms with Crippen LogP contribution in [0.3, 0.4) is 0 Å². The maximum absolute atomic E-state index is 13.4. The van der Waals surface area contributed by atoms with E-state index in [0.717, 1.165) is 27.7 Å². The number of nitrogens with one attached hydrogen (secondary N) is 2. The van der Waals surface area contributed by atoms with E-state index in [4.69, 9.17) is 0 Å². The lowest BCUT2D eigenvalue weighted by atomic mass is 9.99. The summed E-state index contributed by atoms with van der Waals surface area (Å²) < 4.78 is 41.8. The summed E-state index contributed by atoms with van der Waals surface area (Å²) in [6.07, 6.45) is -2.44. The molecule has 4 aromatic rings. The Bertz CT molecular complexity index is 1450. The van der Waals surface area contributed by atoms with Crippen molar-refractivity contribution in [3.05, 3.63) is 69.9 Å². The van der Waals surface area contributed by atoms with Crippen molar-refractivity contribution in [1.29, 1.82) is 0 Å². The van der Waals surface area contributed by atoms with Crippen LogP contribution in [0.15, 0.2) is 47.4 Å². The van der Waals surface area contributed by atoms with E-state index in [9.17, 15) is 18.0 Å². The summed E-state index contributed by atoms with van der Waals surface area (Å²) in [5.74, 6) is 0.293. The van der Waals surface area contributed by atoms with E-state index < -0.39 is 11.6 Å². The molecule has 0 saturated heterocycles. The van der Waals surface area contributed by atoms with Gasteiger partial charge in [-0.05, 0) is 62.1 Å². The third-order valence-corrected chi connectivity index (χ3v) is 6.43. The van der Waals surface area contributed by atoms with E-state index in [-0.39, 0.29) is 24.1 Å². The van der Waals surface area contributed by atoms with Crippen LogP contribution < -0.4 is 10.9 Å². The number of aryl methyl sites for hydroxylation is 3. The molecule has 0 radical (unpaired) electrons. The predicted molar refractivity (Wildman–Crippen MR) is 121 cm³/mol. The molecular weight excluding hydrogens is 431 g/mol. The Hall–Kier alpha value is -3.62. The maximum atomic E-state index is 13.4. The van der Waals surface area contributed by atoms with E-state index in [2.05, 4.69) is 20.5 Å². The topological polar surface area (TPSA) is 75.6 Å². The molecule has 0 spiro atoms. The van der Waals surface area contributed by atoms with Gasteiger partial charge >= 0.3 is 6.18 Å². The molecule has 3 heterocycles. The average Bonchev–Trinajstić information content (AvgIpc) is 3.47. The van der Waals surface area contributed by atoms with E-state index in [0.29, 0.717) is 17.1 Å². The van der Waals surface area contributed by atoms with Gasteiger partial charge in [-0.25, -0.2) is 0 Å². The van der Waals surface area contributed by atoms with Crippen molar-refractivity contribution in [2.24, 2.45) is 7.05 Å². The van der Waals surface area contributed by atoms with Gasteiger partial charge in [-0.2, -0.15) is 18.3 Å². The van der Waals surface area contributed by atoms with Crippen LogP contribution in [0, 0.1) is 13.8 Å². The largest absolute Gasteiger partial charge is 0.399 e. The molecule has 0 atom stereocenters. The fourth-order valence-corrected chi connectivity index (χ4v) is 4.26. The zero-order valence-corrected chi connectivity index (χ0v) is 18.3. The van der Waals surface area contributed by atoms with Gasteiger partial charge in [0, 0.05) is 41.6 Å². The first-order valence-corrected chi connectivity index (χ1v) is 10.6. The van der Waals surface area contributed by atoms with E-state index in [1.807, 2.05) is 38.1 Å². The second-order valence-corrected chi connectivity index (χ2v) is 8.71. The SMILES string of the molecule is Cc1cc2c(cn1)cc(-c1cc(Nc3cc(C4(C(F)(F)F)CC4)[nH]n3)ccc1C)c(=O)n2C. The minimum absolute atomic E-state index is 0.0620. The van der Waals surface area contributed by atoms with Gasteiger partial charge in [-0.3, -0.25) is 14.9 Å². The molecule has 1 fully saturated rings. The monoisotopic (exact) mass is 453 g/mol. The molecule has 2 N–H and O–H groups in total. The summed E-state index contributed by atoms with van der Waals surface area (Å²) >= 11 is 0. The molecule has 9 heteroatoms. The van der Waals surface area contributed by atoms with Gasteiger partial charge < -0.3 is 9.88 Å². The molecule has 1 aliphatic carbocycles. The molecule has 170 valence electrons. The number of H-pyrrole nitrogens is 1. The van der Waals surface area contributed by atoms with Crippen molar-refractivity contribution >= 4 is 22.4 Å². The first kappa shape index (κ1) is 21.2. The molecule has 1 aromatic carbocycles. The van der Waals surface area contributed by atoms with Crippen molar-refractivity contribution in [2.75, 3.05) is 5.32 Å². The maximum Gasteiger partial charge on any atom is 0.399 e. The fourth-order valence-electron chi connectivity index (χ4n) is 4.26. The Labute approximate surface area is 187 Å². The zero-order chi connectivity index (χ0) is 23.5. The molecule has 1 saturated carbocycles. The molecule has 1 aliphatic rings. The van der Waals surface area contributed by atoms with Crippen LogP contribution in [0.4, 0.5) is 24.7 Å². The van der Waals surface area contributed by atoms with Gasteiger partial charge in [0.2, 0.25) is 0 Å². The normalized spacial score (nSPS) is 15.1. The van der Waals surface area contributed by atoms with Crippen molar-refractivity contribution in [3.63, 3.8) is 0 Å². The highest BCUT2D eigenvalue weighted by Gasteiger charge is 2.65. The Balaban J connectivity index is 1.51. The van der Waals surface area contributed by atoms with E-state index in [1.165, 1.54) is 6.07 Å². The van der Waals surface area contributed by atoms with Crippen molar-refractivity contribution < 1.29 is 13.2 Å². The standard InChI is InChI=1S/C24H22F3N5O/c1-13-4-5-16(29-21-11-20(30-31-21)23(6-7-23)24(25,26)27)10-17(13)18-9-15-12-28-14(2)8-19(15)32(3)22(18)33/h4-5,8-12H,6-7H2,1-3H3,(H2,29,30,31). The summed E-state index contributed by atoms with van der Waals surface area (Å²) in [6.45, 7) is 3.78. The van der Waals surface area contributed by atoms with Gasteiger partial charge in [0.1, 0.15) is 5.41 Å². The Morgan fingerprint density at radius 1 is 1.09 bits per heavy atom. The smallest absolute Gasteiger partial charge is 0.339 e. The number of hydrogen-bond donors (Lipinski definition) is 2. The molecule has 33 heavy (non-hydrogen) atoms. The number of fused-ring (bicyclic) bond motifs is 1. The van der Waals surface area contributed by atoms with Crippen LogP contribution in [0.1, 0.15) is 29.8 Å². The van der Waals surface area contributed by atoms with Crippen LogP contribution in [-0.4, -0.2) is 25.9 Å². The quantitative estimate of drug-likeness (QED) is 0.441. The number of alkyl halides is 3. The van der Waals surface area contributed by atoms with Crippen molar-refractivity contribution in [2.45, 2.75) is 38.3 Å². The highest BCUT2D eigenvalue weighted by Crippen LogP contribution is 2.58. The number of hydrogen-bond acceptors (Lipinski definition) is 4. The van der Waals surface area contributed by atoms with E-state index in [1.54, 1.807) is 23.9 Å². The summed E-state index contributed by atoms with van der Waals surface area (Å²) in [7, 11) is 1.73. The second-order valence-electron chi connectivity index (χ2n) is 8.71. The van der Waals surface area contributed by atoms with Crippen molar-refractivity contribution in [3.8, 4) is 11.1 Å². The van der Waals surface area contributed by atoms with Crippen LogP contribution in [0.5, 0.6) is 0 Å². The lowest BCUT2D eigenvalue weighted by Gasteiger charge is -2.16. The highest BCUT2D eigenvalue weighted by atomic mass is 19.4. The van der Waals surface area contributed by atoms with Gasteiger partial charge in [-0.1, -0.05) is 6.07 Å². The number of aromatic nitrogens is 4. The van der Waals surface area contributed by atoms with Crippen LogP contribution in [0.2, 0.25) is 0 Å². The number of benzene rings is 1. The number of anilines is 2. The van der Waals surface area contributed by atoms with Gasteiger partial charge in [0.25, 0.3) is 5.56 Å². The third kappa shape index (κ3) is 3.48.